The summed E-state index contributed by atoms with van der Waals surface area (Å²) in [5, 5.41) is 18.0. The van der Waals surface area contributed by atoms with Crippen LogP contribution in [-0.4, -0.2) is 11.1 Å². The van der Waals surface area contributed by atoms with Crippen LogP contribution in [0.15, 0.2) is 48.5 Å². The van der Waals surface area contributed by atoms with E-state index in [-0.39, 0.29) is 0 Å². The Bertz CT molecular complexity index is 747. The summed E-state index contributed by atoms with van der Waals surface area (Å²) in [6, 6.07) is 13.6. The number of halogens is 1. The number of hydrogen-bond acceptors (Lipinski definition) is 3. The van der Waals surface area contributed by atoms with Gasteiger partial charge >= 0.3 is 5.97 Å². The molecule has 104 valence electrons. The van der Waals surface area contributed by atoms with E-state index in [1.165, 1.54) is 6.08 Å². The normalized spacial score (nSPS) is 10.3. The summed E-state index contributed by atoms with van der Waals surface area (Å²) in [5.74, 6) is -0.168. The Morgan fingerprint density at radius 3 is 2.81 bits per heavy atom. The first-order chi connectivity index (χ1) is 10.1. The van der Waals surface area contributed by atoms with Crippen molar-refractivity contribution in [3.63, 3.8) is 0 Å². The Labute approximate surface area is 126 Å². The van der Waals surface area contributed by atoms with Crippen LogP contribution in [0.2, 0.25) is 5.02 Å². The number of benzene rings is 2. The van der Waals surface area contributed by atoms with Crippen LogP contribution in [0.4, 0.5) is 0 Å². The first kappa shape index (κ1) is 14.6. The highest BCUT2D eigenvalue weighted by Gasteiger charge is 2.05. The van der Waals surface area contributed by atoms with Crippen LogP contribution in [0.3, 0.4) is 0 Å². The highest BCUT2D eigenvalue weighted by atomic mass is 35.5. The van der Waals surface area contributed by atoms with Crippen molar-refractivity contribution in [3.05, 3.63) is 64.7 Å². The third-order valence-electron chi connectivity index (χ3n) is 2.57. The lowest BCUT2D eigenvalue weighted by Crippen LogP contribution is -1.90. The Balaban J connectivity index is 2.36. The smallest absolute Gasteiger partial charge is 0.328 e. The topological polar surface area (TPSA) is 70.3 Å². The maximum Gasteiger partial charge on any atom is 0.328 e. The van der Waals surface area contributed by atoms with Crippen molar-refractivity contribution >= 4 is 23.6 Å². The number of nitriles is 1. The number of carboxylic acid groups (broad SMARTS) is 1. The van der Waals surface area contributed by atoms with Crippen LogP contribution in [0.1, 0.15) is 11.1 Å². The van der Waals surface area contributed by atoms with E-state index in [0.29, 0.717) is 27.6 Å². The molecule has 0 saturated carbocycles. The van der Waals surface area contributed by atoms with E-state index in [2.05, 4.69) is 0 Å². The first-order valence-electron chi connectivity index (χ1n) is 5.97. The molecule has 0 heterocycles. The molecule has 0 saturated heterocycles. The lowest BCUT2D eigenvalue weighted by molar-refractivity contribution is -0.131. The molecule has 0 bridgehead atoms. The molecule has 4 nitrogen and oxygen atoms in total. The number of aliphatic carboxylic acids is 1. The Morgan fingerprint density at radius 2 is 2.10 bits per heavy atom. The molecule has 0 unspecified atom stereocenters. The molecule has 2 aromatic carbocycles. The fraction of sp³-hybridized carbons (Fsp3) is 0. The van der Waals surface area contributed by atoms with Crippen LogP contribution >= 0.6 is 11.6 Å². The molecular formula is C16H10ClNO3. The second kappa shape index (κ2) is 6.60. The molecule has 0 aliphatic rings. The largest absolute Gasteiger partial charge is 0.478 e. The molecule has 0 aromatic heterocycles. The van der Waals surface area contributed by atoms with Gasteiger partial charge in [-0.05, 0) is 36.4 Å². The summed E-state index contributed by atoms with van der Waals surface area (Å²) in [7, 11) is 0. The molecule has 5 heteroatoms. The molecule has 0 aliphatic heterocycles. The van der Waals surface area contributed by atoms with Crippen LogP contribution in [0, 0.1) is 11.3 Å². The SMILES string of the molecule is N#Cc1cccc(Oc2cc(Cl)ccc2/C=C/C(=O)O)c1. The van der Waals surface area contributed by atoms with E-state index in [1.807, 2.05) is 6.07 Å². The molecule has 0 spiro atoms. The minimum absolute atomic E-state index is 0.412. The van der Waals surface area contributed by atoms with Crippen molar-refractivity contribution in [1.29, 1.82) is 5.26 Å². The van der Waals surface area contributed by atoms with Crippen molar-refractivity contribution in [2.75, 3.05) is 0 Å². The summed E-state index contributed by atoms with van der Waals surface area (Å²) < 4.78 is 5.69. The minimum atomic E-state index is -1.05. The average Bonchev–Trinajstić information content (AvgIpc) is 2.46. The van der Waals surface area contributed by atoms with Crippen molar-refractivity contribution in [2.45, 2.75) is 0 Å². The van der Waals surface area contributed by atoms with E-state index in [4.69, 9.17) is 26.7 Å². The summed E-state index contributed by atoms with van der Waals surface area (Å²) in [5.41, 5.74) is 1.04. The predicted molar refractivity (Wildman–Crippen MR) is 79.4 cm³/mol. The van der Waals surface area contributed by atoms with Gasteiger partial charge in [0.1, 0.15) is 11.5 Å². The molecule has 0 aliphatic carbocycles. The molecule has 21 heavy (non-hydrogen) atoms. The highest BCUT2D eigenvalue weighted by Crippen LogP contribution is 2.29. The molecule has 0 radical (unpaired) electrons. The number of carbonyl (C=O) groups is 1. The second-order valence-corrected chi connectivity index (χ2v) is 4.53. The Morgan fingerprint density at radius 1 is 1.29 bits per heavy atom. The van der Waals surface area contributed by atoms with E-state index in [0.717, 1.165) is 6.08 Å². The number of rotatable bonds is 4. The van der Waals surface area contributed by atoms with Gasteiger partial charge in [0, 0.05) is 22.7 Å². The van der Waals surface area contributed by atoms with E-state index in [1.54, 1.807) is 42.5 Å². The maximum absolute atomic E-state index is 10.6. The lowest BCUT2D eigenvalue weighted by atomic mass is 10.2. The summed E-state index contributed by atoms with van der Waals surface area (Å²) in [4.78, 5) is 10.6. The van der Waals surface area contributed by atoms with Crippen molar-refractivity contribution in [2.24, 2.45) is 0 Å². The molecule has 1 N–H and O–H groups in total. The molecule has 2 aromatic rings. The molecule has 0 amide bonds. The maximum atomic E-state index is 10.6. The Hall–Kier alpha value is -2.77. The van der Waals surface area contributed by atoms with Gasteiger partial charge in [0.15, 0.2) is 0 Å². The summed E-state index contributed by atoms with van der Waals surface area (Å²) >= 11 is 5.93. The van der Waals surface area contributed by atoms with Crippen molar-refractivity contribution in [1.82, 2.24) is 0 Å². The van der Waals surface area contributed by atoms with Gasteiger partial charge in [0.05, 0.1) is 11.6 Å². The fourth-order valence-corrected chi connectivity index (χ4v) is 1.81. The van der Waals surface area contributed by atoms with Crippen LogP contribution in [0.5, 0.6) is 11.5 Å². The van der Waals surface area contributed by atoms with Gasteiger partial charge in [0.25, 0.3) is 0 Å². The van der Waals surface area contributed by atoms with Gasteiger partial charge in [-0.2, -0.15) is 5.26 Å². The monoisotopic (exact) mass is 299 g/mol. The zero-order valence-corrected chi connectivity index (χ0v) is 11.5. The van der Waals surface area contributed by atoms with E-state index < -0.39 is 5.97 Å². The van der Waals surface area contributed by atoms with Crippen molar-refractivity contribution in [3.8, 4) is 17.6 Å². The highest BCUT2D eigenvalue weighted by molar-refractivity contribution is 6.30. The third-order valence-corrected chi connectivity index (χ3v) is 2.81. The number of carboxylic acids is 1. The Kier molecular flexibility index (Phi) is 4.60. The predicted octanol–water partition coefficient (Wildman–Crippen LogP) is 4.10. The van der Waals surface area contributed by atoms with Gasteiger partial charge in [0.2, 0.25) is 0 Å². The number of ether oxygens (including phenoxy) is 1. The second-order valence-electron chi connectivity index (χ2n) is 4.10. The minimum Gasteiger partial charge on any atom is -0.478 e. The number of nitrogens with zero attached hydrogens (tertiary/aromatic N) is 1. The van der Waals surface area contributed by atoms with Gasteiger partial charge < -0.3 is 9.84 Å². The summed E-state index contributed by atoms with van der Waals surface area (Å²) in [6.45, 7) is 0. The molecule has 2 rings (SSSR count). The van der Waals surface area contributed by atoms with E-state index >= 15 is 0 Å². The zero-order valence-electron chi connectivity index (χ0n) is 10.8. The quantitative estimate of drug-likeness (QED) is 0.863. The first-order valence-corrected chi connectivity index (χ1v) is 6.35. The van der Waals surface area contributed by atoms with Gasteiger partial charge in [-0.3, -0.25) is 0 Å². The van der Waals surface area contributed by atoms with Crippen LogP contribution in [0.25, 0.3) is 6.08 Å². The fourth-order valence-electron chi connectivity index (χ4n) is 1.65. The summed E-state index contributed by atoms with van der Waals surface area (Å²) in [6.07, 6.45) is 2.43. The van der Waals surface area contributed by atoms with Crippen LogP contribution < -0.4 is 4.74 Å². The van der Waals surface area contributed by atoms with Gasteiger partial charge in [-0.25, -0.2) is 4.79 Å². The van der Waals surface area contributed by atoms with E-state index in [9.17, 15) is 4.79 Å². The zero-order chi connectivity index (χ0) is 15.2. The number of hydrogen-bond donors (Lipinski definition) is 1. The van der Waals surface area contributed by atoms with Gasteiger partial charge in [-0.1, -0.05) is 17.7 Å². The third kappa shape index (κ3) is 4.10. The molecular weight excluding hydrogens is 290 g/mol. The molecule has 0 fully saturated rings. The standard InChI is InChI=1S/C16H10ClNO3/c17-13-6-4-12(5-7-16(19)20)15(9-13)21-14-3-1-2-11(8-14)10-18/h1-9H,(H,19,20)/b7-5+. The van der Waals surface area contributed by atoms with Crippen LogP contribution in [-0.2, 0) is 4.79 Å². The lowest BCUT2D eigenvalue weighted by Gasteiger charge is -2.09. The van der Waals surface area contributed by atoms with Gasteiger partial charge in [-0.15, -0.1) is 0 Å². The van der Waals surface area contributed by atoms with Crippen molar-refractivity contribution < 1.29 is 14.6 Å². The average molecular weight is 300 g/mol. The molecule has 0 atom stereocenters.